The van der Waals surface area contributed by atoms with E-state index >= 15 is 0 Å². The van der Waals surface area contributed by atoms with Crippen molar-refractivity contribution in [2.24, 2.45) is 0 Å². The largest absolute Gasteiger partial charge is 0.397 e. The van der Waals surface area contributed by atoms with E-state index in [9.17, 15) is 0 Å². The number of anilines is 1. The molecule has 0 saturated heterocycles. The molecule has 0 fully saturated rings. The van der Waals surface area contributed by atoms with Gasteiger partial charge in [-0.2, -0.15) is 0 Å². The van der Waals surface area contributed by atoms with Crippen LogP contribution >= 0.6 is 27.5 Å². The molecule has 0 aliphatic rings. The first-order valence-corrected chi connectivity index (χ1v) is 7.88. The molecular weight excluding hydrogens is 350 g/mol. The molecule has 21 heavy (non-hydrogen) atoms. The van der Waals surface area contributed by atoms with E-state index in [4.69, 9.17) is 22.3 Å². The smallest absolute Gasteiger partial charge is 0.143 e. The lowest BCUT2D eigenvalue weighted by molar-refractivity contribution is 0.624. The summed E-state index contributed by atoms with van der Waals surface area (Å²) < 4.78 is 3.00. The monoisotopic (exact) mass is 363 g/mol. The minimum Gasteiger partial charge on any atom is -0.397 e. The Morgan fingerprint density at radius 3 is 2.62 bits per heavy atom. The first-order chi connectivity index (χ1) is 10.0. The summed E-state index contributed by atoms with van der Waals surface area (Å²) in [6.07, 6.45) is 0. The lowest BCUT2D eigenvalue weighted by atomic mass is 10.1. The number of aromatic nitrogens is 2. The molecule has 2 N–H and O–H groups in total. The van der Waals surface area contributed by atoms with Gasteiger partial charge in [0.1, 0.15) is 5.82 Å². The number of rotatable bonds is 2. The van der Waals surface area contributed by atoms with E-state index in [1.165, 1.54) is 0 Å². The van der Waals surface area contributed by atoms with Crippen molar-refractivity contribution in [1.82, 2.24) is 9.55 Å². The molecule has 0 unspecified atom stereocenters. The zero-order valence-electron chi connectivity index (χ0n) is 11.8. The third-order valence-electron chi connectivity index (χ3n) is 3.47. The zero-order valence-corrected chi connectivity index (χ0v) is 14.1. The van der Waals surface area contributed by atoms with Gasteiger partial charge in [0.25, 0.3) is 0 Å². The maximum atomic E-state index is 6.38. The molecule has 0 saturated carbocycles. The number of hydrogen-bond donors (Lipinski definition) is 1. The molecule has 1 aromatic heterocycles. The van der Waals surface area contributed by atoms with Crippen molar-refractivity contribution in [2.45, 2.75) is 19.9 Å². The van der Waals surface area contributed by atoms with E-state index in [0.29, 0.717) is 10.7 Å². The zero-order chi connectivity index (χ0) is 15.1. The fourth-order valence-electron chi connectivity index (χ4n) is 2.53. The summed E-state index contributed by atoms with van der Waals surface area (Å²) in [6, 6.07) is 11.9. The van der Waals surface area contributed by atoms with Crippen LogP contribution in [0.3, 0.4) is 0 Å². The highest BCUT2D eigenvalue weighted by Crippen LogP contribution is 2.36. The second kappa shape index (κ2) is 5.35. The van der Waals surface area contributed by atoms with Crippen LogP contribution in [0.2, 0.25) is 5.02 Å². The summed E-state index contributed by atoms with van der Waals surface area (Å²) >= 11 is 9.85. The van der Waals surface area contributed by atoms with Crippen LogP contribution < -0.4 is 5.73 Å². The van der Waals surface area contributed by atoms with Crippen molar-refractivity contribution in [3.05, 3.63) is 45.9 Å². The van der Waals surface area contributed by atoms with Gasteiger partial charge in [0.15, 0.2) is 0 Å². The summed E-state index contributed by atoms with van der Waals surface area (Å²) in [4.78, 5) is 4.74. The van der Waals surface area contributed by atoms with Gasteiger partial charge in [-0.1, -0.05) is 23.7 Å². The number of nitrogens with zero attached hydrogens (tertiary/aromatic N) is 2. The number of benzene rings is 2. The van der Waals surface area contributed by atoms with Gasteiger partial charge in [-0.3, -0.25) is 0 Å². The van der Waals surface area contributed by atoms with Crippen molar-refractivity contribution in [1.29, 1.82) is 0 Å². The third kappa shape index (κ3) is 2.32. The van der Waals surface area contributed by atoms with Gasteiger partial charge < -0.3 is 10.3 Å². The molecule has 3 nitrogen and oxygen atoms in total. The SMILES string of the molecule is CC(C)n1c(-c2cccc(Br)c2N)nc2cccc(Cl)c21. The first kappa shape index (κ1) is 14.4. The van der Waals surface area contributed by atoms with Crippen LogP contribution in [0.4, 0.5) is 5.69 Å². The highest BCUT2D eigenvalue weighted by atomic mass is 79.9. The molecule has 0 aliphatic heterocycles. The quantitative estimate of drug-likeness (QED) is 0.628. The maximum Gasteiger partial charge on any atom is 0.143 e. The Morgan fingerprint density at radius 2 is 1.90 bits per heavy atom. The van der Waals surface area contributed by atoms with E-state index in [1.54, 1.807) is 0 Å². The minimum absolute atomic E-state index is 0.225. The first-order valence-electron chi connectivity index (χ1n) is 6.71. The molecule has 0 amide bonds. The summed E-state index contributed by atoms with van der Waals surface area (Å²) in [5.74, 6) is 0.840. The molecule has 0 bridgehead atoms. The van der Waals surface area contributed by atoms with E-state index in [1.807, 2.05) is 36.4 Å². The van der Waals surface area contributed by atoms with Crippen molar-refractivity contribution in [3.8, 4) is 11.4 Å². The fraction of sp³-hybridized carbons (Fsp3) is 0.188. The van der Waals surface area contributed by atoms with Crippen LogP contribution in [0.15, 0.2) is 40.9 Å². The molecule has 2 aromatic carbocycles. The van der Waals surface area contributed by atoms with E-state index in [2.05, 4.69) is 34.3 Å². The van der Waals surface area contributed by atoms with Crippen molar-refractivity contribution in [2.75, 3.05) is 5.73 Å². The number of para-hydroxylation sites is 2. The van der Waals surface area contributed by atoms with E-state index in [0.717, 1.165) is 26.9 Å². The van der Waals surface area contributed by atoms with E-state index < -0.39 is 0 Å². The average molecular weight is 365 g/mol. The second-order valence-electron chi connectivity index (χ2n) is 5.21. The van der Waals surface area contributed by atoms with Gasteiger partial charge in [-0.25, -0.2) is 4.98 Å². The molecule has 108 valence electrons. The Hall–Kier alpha value is -1.52. The molecular formula is C16H15BrClN3. The van der Waals surface area contributed by atoms with Crippen LogP contribution in [0.5, 0.6) is 0 Å². The lowest BCUT2D eigenvalue weighted by Gasteiger charge is -2.15. The normalized spacial score (nSPS) is 11.5. The Morgan fingerprint density at radius 1 is 1.19 bits per heavy atom. The molecule has 3 aromatic rings. The standard InChI is InChI=1S/C16H15BrClN3/c1-9(2)21-15-12(18)7-4-8-13(15)20-16(21)10-5-3-6-11(17)14(10)19/h3-9H,19H2,1-2H3. The molecule has 3 rings (SSSR count). The Kier molecular flexibility index (Phi) is 3.68. The van der Waals surface area contributed by atoms with Crippen molar-refractivity contribution < 1.29 is 0 Å². The van der Waals surface area contributed by atoms with Crippen LogP contribution in [-0.2, 0) is 0 Å². The summed E-state index contributed by atoms with van der Waals surface area (Å²) in [5, 5.41) is 0.702. The third-order valence-corrected chi connectivity index (χ3v) is 4.47. The van der Waals surface area contributed by atoms with Crippen molar-refractivity contribution >= 4 is 44.3 Å². The second-order valence-corrected chi connectivity index (χ2v) is 6.47. The van der Waals surface area contributed by atoms with Gasteiger partial charge in [0.2, 0.25) is 0 Å². The van der Waals surface area contributed by atoms with Crippen LogP contribution in [0.1, 0.15) is 19.9 Å². The molecule has 0 radical (unpaired) electrons. The maximum absolute atomic E-state index is 6.38. The Balaban J connectivity index is 2.40. The summed E-state index contributed by atoms with van der Waals surface area (Å²) in [5.41, 5.74) is 9.63. The number of fused-ring (bicyclic) bond motifs is 1. The predicted octanol–water partition coefficient (Wildman–Crippen LogP) is 5.28. The van der Waals surface area contributed by atoms with Crippen LogP contribution in [0, 0.1) is 0 Å². The number of nitrogen functional groups attached to an aromatic ring is 1. The van der Waals surface area contributed by atoms with E-state index in [-0.39, 0.29) is 6.04 Å². The topological polar surface area (TPSA) is 43.8 Å². The molecule has 0 atom stereocenters. The average Bonchev–Trinajstić information content (AvgIpc) is 2.82. The highest BCUT2D eigenvalue weighted by Gasteiger charge is 2.19. The van der Waals surface area contributed by atoms with Gasteiger partial charge >= 0.3 is 0 Å². The molecule has 0 spiro atoms. The summed E-state index contributed by atoms with van der Waals surface area (Å²) in [6.45, 7) is 4.23. The van der Waals surface area contributed by atoms with Gasteiger partial charge in [-0.15, -0.1) is 0 Å². The van der Waals surface area contributed by atoms with Gasteiger partial charge in [0.05, 0.1) is 21.7 Å². The molecule has 5 heteroatoms. The van der Waals surface area contributed by atoms with Crippen LogP contribution in [0.25, 0.3) is 22.4 Å². The fourth-order valence-corrected chi connectivity index (χ4v) is 3.16. The number of halogens is 2. The molecule has 0 aliphatic carbocycles. The Labute approximate surface area is 136 Å². The van der Waals surface area contributed by atoms with Gasteiger partial charge in [0, 0.05) is 16.1 Å². The lowest BCUT2D eigenvalue weighted by Crippen LogP contribution is -2.05. The predicted molar refractivity (Wildman–Crippen MR) is 92.7 cm³/mol. The van der Waals surface area contributed by atoms with Crippen LogP contribution in [-0.4, -0.2) is 9.55 Å². The minimum atomic E-state index is 0.225. The van der Waals surface area contributed by atoms with Gasteiger partial charge in [-0.05, 0) is 54.0 Å². The summed E-state index contributed by atoms with van der Waals surface area (Å²) in [7, 11) is 0. The number of imidazole rings is 1. The highest BCUT2D eigenvalue weighted by molar-refractivity contribution is 9.10. The number of nitrogens with two attached hydrogens (primary N) is 1. The molecule has 1 heterocycles. The van der Waals surface area contributed by atoms with Crippen molar-refractivity contribution in [3.63, 3.8) is 0 Å². The Bertz CT molecular complexity index is 824. The number of hydrogen-bond acceptors (Lipinski definition) is 2.